The van der Waals surface area contributed by atoms with E-state index in [1.54, 1.807) is 24.3 Å². The van der Waals surface area contributed by atoms with E-state index in [1.165, 1.54) is 4.57 Å². The van der Waals surface area contributed by atoms with Gasteiger partial charge in [0.15, 0.2) is 0 Å². The second kappa shape index (κ2) is 8.03. The number of alkyl halides is 3. The fraction of sp³-hybridized carbons (Fsp3) is 0.381. The molecule has 0 bridgehead atoms. The molecule has 0 aliphatic rings. The third-order valence-corrected chi connectivity index (χ3v) is 4.48. The highest BCUT2D eigenvalue weighted by Gasteiger charge is 2.37. The molecule has 0 radical (unpaired) electrons. The van der Waals surface area contributed by atoms with Crippen LogP contribution in [-0.4, -0.2) is 16.2 Å². The lowest BCUT2D eigenvalue weighted by Gasteiger charge is -2.14. The monoisotopic (exact) mass is 376 g/mol. The number of ether oxygens (including phenoxy) is 1. The van der Waals surface area contributed by atoms with E-state index in [-0.39, 0.29) is 6.54 Å². The van der Waals surface area contributed by atoms with Crippen LogP contribution in [0.5, 0.6) is 5.75 Å². The molecule has 0 aliphatic heterocycles. The van der Waals surface area contributed by atoms with Crippen molar-refractivity contribution in [1.82, 2.24) is 9.55 Å². The van der Waals surface area contributed by atoms with Crippen molar-refractivity contribution < 1.29 is 17.9 Å². The number of nitrogens with zero attached hydrogens (tertiary/aromatic N) is 2. The average molecular weight is 376 g/mol. The maximum Gasteiger partial charge on any atom is 0.449 e. The van der Waals surface area contributed by atoms with Crippen molar-refractivity contribution in [2.45, 2.75) is 45.3 Å². The molecule has 2 aromatic carbocycles. The van der Waals surface area contributed by atoms with E-state index < -0.39 is 12.0 Å². The van der Waals surface area contributed by atoms with E-state index in [0.29, 0.717) is 36.4 Å². The van der Waals surface area contributed by atoms with Crippen LogP contribution >= 0.6 is 0 Å². The SMILES string of the molecule is CC(C)c1ccccc1OCCCCn1c(C(F)(F)F)nc2ccccc21. The average Bonchev–Trinajstić information content (AvgIpc) is 3.01. The first-order valence-corrected chi connectivity index (χ1v) is 9.12. The number of fused-ring (bicyclic) bond motifs is 1. The molecule has 0 saturated heterocycles. The van der Waals surface area contributed by atoms with Crippen molar-refractivity contribution in [3.8, 4) is 5.75 Å². The van der Waals surface area contributed by atoms with E-state index in [1.807, 2.05) is 24.3 Å². The molecule has 1 heterocycles. The van der Waals surface area contributed by atoms with Gasteiger partial charge in [0.25, 0.3) is 0 Å². The van der Waals surface area contributed by atoms with Gasteiger partial charge >= 0.3 is 6.18 Å². The smallest absolute Gasteiger partial charge is 0.449 e. The van der Waals surface area contributed by atoms with Crippen LogP contribution in [0.3, 0.4) is 0 Å². The first-order chi connectivity index (χ1) is 12.9. The van der Waals surface area contributed by atoms with Crippen LogP contribution in [0.2, 0.25) is 0 Å². The molecule has 0 spiro atoms. The molecular formula is C21H23F3N2O. The lowest BCUT2D eigenvalue weighted by Crippen LogP contribution is -2.15. The number of halogens is 3. The highest BCUT2D eigenvalue weighted by atomic mass is 19.4. The molecule has 0 unspecified atom stereocenters. The van der Waals surface area contributed by atoms with Gasteiger partial charge in [0, 0.05) is 6.54 Å². The van der Waals surface area contributed by atoms with Crippen LogP contribution in [0.4, 0.5) is 13.2 Å². The summed E-state index contributed by atoms with van der Waals surface area (Å²) in [6.07, 6.45) is -3.23. The Kier molecular flexibility index (Phi) is 5.73. The summed E-state index contributed by atoms with van der Waals surface area (Å²) in [6, 6.07) is 14.6. The summed E-state index contributed by atoms with van der Waals surface area (Å²) in [6.45, 7) is 4.93. The van der Waals surface area contributed by atoms with Crippen LogP contribution in [0.15, 0.2) is 48.5 Å². The number of unbranched alkanes of at least 4 members (excludes halogenated alkanes) is 1. The Morgan fingerprint density at radius 2 is 1.70 bits per heavy atom. The molecule has 0 aliphatic carbocycles. The number of imidazole rings is 1. The van der Waals surface area contributed by atoms with Gasteiger partial charge in [-0.1, -0.05) is 44.2 Å². The summed E-state index contributed by atoms with van der Waals surface area (Å²) in [5.74, 6) is 0.360. The third-order valence-electron chi connectivity index (χ3n) is 4.48. The predicted molar refractivity (Wildman–Crippen MR) is 100.0 cm³/mol. The van der Waals surface area contributed by atoms with Gasteiger partial charge in [-0.2, -0.15) is 13.2 Å². The van der Waals surface area contributed by atoms with Crippen LogP contribution in [-0.2, 0) is 12.7 Å². The molecule has 144 valence electrons. The Morgan fingerprint density at radius 3 is 2.44 bits per heavy atom. The maximum atomic E-state index is 13.3. The van der Waals surface area contributed by atoms with Crippen LogP contribution in [0.25, 0.3) is 11.0 Å². The van der Waals surface area contributed by atoms with Gasteiger partial charge in [0.1, 0.15) is 5.75 Å². The van der Waals surface area contributed by atoms with Crippen molar-refractivity contribution in [2.24, 2.45) is 0 Å². The summed E-state index contributed by atoms with van der Waals surface area (Å²) in [7, 11) is 0. The third kappa shape index (κ3) is 4.43. The number of rotatable bonds is 7. The Hall–Kier alpha value is -2.50. The van der Waals surface area contributed by atoms with Crippen molar-refractivity contribution in [3.05, 3.63) is 59.9 Å². The van der Waals surface area contributed by atoms with Crippen LogP contribution < -0.4 is 4.74 Å². The van der Waals surface area contributed by atoms with Gasteiger partial charge in [-0.15, -0.1) is 0 Å². The zero-order chi connectivity index (χ0) is 19.4. The number of hydrogen-bond donors (Lipinski definition) is 0. The lowest BCUT2D eigenvalue weighted by molar-refractivity contribution is -0.147. The molecule has 3 rings (SSSR count). The number of aryl methyl sites for hydroxylation is 1. The Bertz CT molecular complexity index is 900. The normalized spacial score (nSPS) is 12.1. The van der Waals surface area contributed by atoms with E-state index >= 15 is 0 Å². The van der Waals surface area contributed by atoms with E-state index in [4.69, 9.17) is 4.74 Å². The molecule has 6 heteroatoms. The van der Waals surface area contributed by atoms with Crippen molar-refractivity contribution in [2.75, 3.05) is 6.61 Å². The number of benzene rings is 2. The van der Waals surface area contributed by atoms with Gasteiger partial charge in [-0.3, -0.25) is 0 Å². The standard InChI is InChI=1S/C21H23F3N2O/c1-15(2)16-9-3-6-12-19(16)27-14-8-7-13-26-18-11-5-4-10-17(18)25-20(26)21(22,23)24/h3-6,9-12,15H,7-8,13-14H2,1-2H3. The van der Waals surface area contributed by atoms with Crippen molar-refractivity contribution >= 4 is 11.0 Å². The second-order valence-corrected chi connectivity index (χ2v) is 6.82. The fourth-order valence-electron chi connectivity index (χ4n) is 3.16. The van der Waals surface area contributed by atoms with Crippen LogP contribution in [0, 0.1) is 0 Å². The maximum absolute atomic E-state index is 13.3. The minimum atomic E-state index is -4.47. The van der Waals surface area contributed by atoms with Crippen molar-refractivity contribution in [1.29, 1.82) is 0 Å². The fourth-order valence-corrected chi connectivity index (χ4v) is 3.16. The minimum Gasteiger partial charge on any atom is -0.493 e. The summed E-state index contributed by atoms with van der Waals surface area (Å²) >= 11 is 0. The Morgan fingerprint density at radius 1 is 1.00 bits per heavy atom. The summed E-state index contributed by atoms with van der Waals surface area (Å²) < 4.78 is 47.0. The first kappa shape index (κ1) is 19.3. The minimum absolute atomic E-state index is 0.255. The molecule has 27 heavy (non-hydrogen) atoms. The molecule has 0 fully saturated rings. The predicted octanol–water partition coefficient (Wildman–Crippen LogP) is 6.04. The molecule has 3 aromatic rings. The van der Waals surface area contributed by atoms with Crippen molar-refractivity contribution in [3.63, 3.8) is 0 Å². The zero-order valence-electron chi connectivity index (χ0n) is 15.5. The number of aromatic nitrogens is 2. The van der Waals surface area contributed by atoms with Gasteiger partial charge in [-0.25, -0.2) is 4.98 Å². The van der Waals surface area contributed by atoms with Gasteiger partial charge < -0.3 is 9.30 Å². The highest BCUT2D eigenvalue weighted by molar-refractivity contribution is 5.76. The topological polar surface area (TPSA) is 27.1 Å². The Labute approximate surface area is 156 Å². The molecule has 0 amide bonds. The number of para-hydroxylation sites is 3. The van der Waals surface area contributed by atoms with E-state index in [2.05, 4.69) is 18.8 Å². The molecule has 0 atom stereocenters. The van der Waals surface area contributed by atoms with Gasteiger partial charge in [0.05, 0.1) is 17.6 Å². The van der Waals surface area contributed by atoms with E-state index in [9.17, 15) is 13.2 Å². The quantitative estimate of drug-likeness (QED) is 0.470. The highest BCUT2D eigenvalue weighted by Crippen LogP contribution is 2.32. The van der Waals surface area contributed by atoms with Crippen LogP contribution in [0.1, 0.15) is 44.0 Å². The molecule has 0 saturated carbocycles. The summed E-state index contributed by atoms with van der Waals surface area (Å²) in [5.41, 5.74) is 2.01. The second-order valence-electron chi connectivity index (χ2n) is 6.82. The molecule has 3 nitrogen and oxygen atoms in total. The number of hydrogen-bond acceptors (Lipinski definition) is 2. The summed E-state index contributed by atoms with van der Waals surface area (Å²) in [5, 5.41) is 0. The Balaban J connectivity index is 1.63. The largest absolute Gasteiger partial charge is 0.493 e. The van der Waals surface area contributed by atoms with E-state index in [0.717, 1.165) is 11.3 Å². The summed E-state index contributed by atoms with van der Waals surface area (Å²) in [4.78, 5) is 3.77. The van der Waals surface area contributed by atoms with Gasteiger partial charge in [0.2, 0.25) is 5.82 Å². The van der Waals surface area contributed by atoms with Gasteiger partial charge in [-0.05, 0) is 42.5 Å². The molecule has 1 aromatic heterocycles. The first-order valence-electron chi connectivity index (χ1n) is 9.12. The molecule has 0 N–H and O–H groups in total. The zero-order valence-corrected chi connectivity index (χ0v) is 15.5. The lowest BCUT2D eigenvalue weighted by atomic mass is 10.0. The molecular weight excluding hydrogens is 353 g/mol.